The zero-order valence-corrected chi connectivity index (χ0v) is 16.0. The van der Waals surface area contributed by atoms with E-state index in [2.05, 4.69) is 20.0 Å². The zero-order valence-electron chi connectivity index (χ0n) is 16.0. The second-order valence-corrected chi connectivity index (χ2v) is 6.88. The number of nitrogens with one attached hydrogen (secondary N) is 1. The van der Waals surface area contributed by atoms with Crippen LogP contribution in [0.25, 0.3) is 0 Å². The lowest BCUT2D eigenvalue weighted by Gasteiger charge is -2.21. The van der Waals surface area contributed by atoms with Gasteiger partial charge in [-0.1, -0.05) is 0 Å². The standard InChI is InChI=1S/C19H26N6O3/c1-13(28)22-17-10-14(24-7-3-2-4-15(24)12-27)5-6-16(17)23-18-11-21-25(8-9-26)19(18)20/h5-6,10-11,15,26-27H,2-4,7-9,12H2,1H3,(H2,20,21,22,28)/p+1. The number of aliphatic hydroxyl groups is 2. The number of aromatic nitrogens is 2. The number of carbonyl (C=O) groups is 1. The van der Waals surface area contributed by atoms with Crippen molar-refractivity contribution in [3.05, 3.63) is 30.1 Å². The Morgan fingerprint density at radius 2 is 2.25 bits per heavy atom. The average Bonchev–Trinajstić information content (AvgIpc) is 3.03. The molecule has 1 amide bonds. The monoisotopic (exact) mass is 387 g/mol. The van der Waals surface area contributed by atoms with Crippen LogP contribution in [-0.2, 0) is 11.3 Å². The molecule has 150 valence electrons. The molecule has 5 N–H and O–H groups in total. The van der Waals surface area contributed by atoms with Gasteiger partial charge in [-0.2, -0.15) is 5.10 Å². The number of nitrogens with two attached hydrogens (primary N) is 1. The molecule has 0 saturated carbocycles. The molecule has 1 unspecified atom stereocenters. The first-order chi connectivity index (χ1) is 13.5. The molecule has 1 aromatic heterocycles. The number of nitrogen functional groups attached to an aromatic ring is 1. The Kier molecular flexibility index (Phi) is 6.37. The van der Waals surface area contributed by atoms with E-state index in [1.807, 2.05) is 18.2 Å². The number of piperidine rings is 1. The first-order valence-electron chi connectivity index (χ1n) is 9.46. The van der Waals surface area contributed by atoms with Gasteiger partial charge in [-0.25, -0.2) is 14.2 Å². The number of hydrogen-bond acceptors (Lipinski definition) is 6. The molecule has 9 heteroatoms. The van der Waals surface area contributed by atoms with Crippen LogP contribution >= 0.6 is 0 Å². The van der Waals surface area contributed by atoms with Gasteiger partial charge in [-0.3, -0.25) is 4.79 Å². The van der Waals surface area contributed by atoms with Crippen LogP contribution in [0.3, 0.4) is 0 Å². The third kappa shape index (κ3) is 4.37. The van der Waals surface area contributed by atoms with Crippen LogP contribution in [0.2, 0.25) is 0 Å². The number of amides is 1. The molecular formula is C19H27N6O3+. The Morgan fingerprint density at radius 1 is 1.43 bits per heavy atom. The summed E-state index contributed by atoms with van der Waals surface area (Å²) in [5, 5.41) is 25.7. The number of rotatable bonds is 5. The summed E-state index contributed by atoms with van der Waals surface area (Å²) in [7, 11) is 0. The van der Waals surface area contributed by atoms with Crippen LogP contribution in [0.1, 0.15) is 26.2 Å². The number of nitrogens with zero attached hydrogens (tertiary/aromatic N) is 4. The lowest BCUT2D eigenvalue weighted by Crippen LogP contribution is -2.39. The van der Waals surface area contributed by atoms with E-state index >= 15 is 0 Å². The van der Waals surface area contributed by atoms with Crippen molar-refractivity contribution in [1.29, 1.82) is 0 Å². The summed E-state index contributed by atoms with van der Waals surface area (Å²) in [6.45, 7) is 2.63. The van der Waals surface area contributed by atoms with Crippen LogP contribution in [0.5, 0.6) is 0 Å². The lowest BCUT2D eigenvalue weighted by atomic mass is 10.0. The summed E-state index contributed by atoms with van der Waals surface area (Å²) < 4.78 is 3.65. The Labute approximate surface area is 163 Å². The minimum atomic E-state index is -0.199. The molecule has 3 rings (SSSR count). The van der Waals surface area contributed by atoms with Crippen LogP contribution in [0, 0.1) is 0 Å². The summed E-state index contributed by atoms with van der Waals surface area (Å²) in [4.78, 5) is 16.3. The molecule has 0 spiro atoms. The van der Waals surface area contributed by atoms with Gasteiger partial charge in [0.15, 0.2) is 6.04 Å². The molecule has 0 aromatic carbocycles. The van der Waals surface area contributed by atoms with Crippen LogP contribution in [0.15, 0.2) is 35.1 Å². The third-order valence-electron chi connectivity index (χ3n) is 4.87. The second-order valence-electron chi connectivity index (χ2n) is 6.88. The van der Waals surface area contributed by atoms with Gasteiger partial charge in [0.05, 0.1) is 30.8 Å². The fourth-order valence-electron chi connectivity index (χ4n) is 3.49. The van der Waals surface area contributed by atoms with Crippen molar-refractivity contribution in [2.45, 2.75) is 38.8 Å². The van der Waals surface area contributed by atoms with Crippen molar-refractivity contribution in [2.75, 3.05) is 25.5 Å². The van der Waals surface area contributed by atoms with E-state index < -0.39 is 0 Å². The van der Waals surface area contributed by atoms with Gasteiger partial charge in [0, 0.05) is 31.9 Å². The topological polar surface area (TPSA) is 129 Å². The van der Waals surface area contributed by atoms with Gasteiger partial charge in [0.25, 0.3) is 0 Å². The maximum atomic E-state index is 11.7. The van der Waals surface area contributed by atoms with Crippen molar-refractivity contribution in [3.8, 4) is 0 Å². The highest BCUT2D eigenvalue weighted by atomic mass is 16.3. The molecular weight excluding hydrogens is 360 g/mol. The summed E-state index contributed by atoms with van der Waals surface area (Å²) >= 11 is 0. The minimum absolute atomic E-state index is 0.0704. The number of allylic oxidation sites excluding steroid dienone is 3. The largest absolute Gasteiger partial charge is 0.394 e. The van der Waals surface area contributed by atoms with Crippen molar-refractivity contribution in [2.24, 2.45) is 4.99 Å². The van der Waals surface area contributed by atoms with Gasteiger partial charge >= 0.3 is 0 Å². The quantitative estimate of drug-likeness (QED) is 0.421. The molecule has 28 heavy (non-hydrogen) atoms. The maximum absolute atomic E-state index is 11.7. The average molecular weight is 387 g/mol. The molecule has 1 aliphatic heterocycles. The smallest absolute Gasteiger partial charge is 0.221 e. The van der Waals surface area contributed by atoms with E-state index in [0.717, 1.165) is 31.5 Å². The number of anilines is 1. The predicted molar refractivity (Wildman–Crippen MR) is 107 cm³/mol. The van der Waals surface area contributed by atoms with Gasteiger partial charge in [-0.15, -0.1) is 0 Å². The van der Waals surface area contributed by atoms with E-state index in [1.165, 1.54) is 17.8 Å². The third-order valence-corrected chi connectivity index (χ3v) is 4.87. The first-order valence-corrected chi connectivity index (χ1v) is 9.46. The molecule has 1 atom stereocenters. The highest BCUT2D eigenvalue weighted by Gasteiger charge is 2.28. The Hall–Kier alpha value is -2.78. The molecule has 0 bridgehead atoms. The van der Waals surface area contributed by atoms with Gasteiger partial charge in [-0.05, 0) is 12.5 Å². The van der Waals surface area contributed by atoms with Crippen molar-refractivity contribution in [3.63, 3.8) is 0 Å². The van der Waals surface area contributed by atoms with Gasteiger partial charge < -0.3 is 21.3 Å². The zero-order chi connectivity index (χ0) is 20.1. The summed E-state index contributed by atoms with van der Waals surface area (Å²) in [5.41, 5.74) is 8.58. The SMILES string of the molecule is CC(=O)NC1=CC(=[N+]2\CCCCC2CO)/C=CC/1=N/c1cnn(CCO)c1N. The first kappa shape index (κ1) is 20.0. The van der Waals surface area contributed by atoms with E-state index in [0.29, 0.717) is 22.9 Å². The van der Waals surface area contributed by atoms with E-state index in [1.54, 1.807) is 0 Å². The Bertz CT molecular complexity index is 865. The van der Waals surface area contributed by atoms with E-state index in [9.17, 15) is 9.90 Å². The molecule has 1 aliphatic carbocycles. The van der Waals surface area contributed by atoms with Crippen molar-refractivity contribution < 1.29 is 19.6 Å². The number of hydrogen-bond donors (Lipinski definition) is 4. The lowest BCUT2D eigenvalue weighted by molar-refractivity contribution is -0.577. The van der Waals surface area contributed by atoms with Crippen molar-refractivity contribution >= 4 is 28.8 Å². The highest BCUT2D eigenvalue weighted by molar-refractivity contribution is 6.21. The Morgan fingerprint density at radius 3 is 2.96 bits per heavy atom. The highest BCUT2D eigenvalue weighted by Crippen LogP contribution is 2.23. The van der Waals surface area contributed by atoms with Gasteiger partial charge in [0.1, 0.15) is 24.7 Å². The normalized spacial score (nSPS) is 23.8. The van der Waals surface area contributed by atoms with E-state index in [4.69, 9.17) is 10.8 Å². The number of aliphatic imine (C=N–C) groups is 1. The maximum Gasteiger partial charge on any atom is 0.221 e. The number of aliphatic hydroxyl groups excluding tert-OH is 2. The number of carbonyl (C=O) groups excluding carboxylic acids is 1. The second kappa shape index (κ2) is 8.94. The predicted octanol–water partition coefficient (Wildman–Crippen LogP) is 0.118. The van der Waals surface area contributed by atoms with Gasteiger partial charge in [0.2, 0.25) is 11.6 Å². The summed E-state index contributed by atoms with van der Waals surface area (Å²) in [5.74, 6) is 0.151. The molecule has 9 nitrogen and oxygen atoms in total. The molecule has 2 aliphatic rings. The molecule has 1 saturated heterocycles. The molecule has 0 radical (unpaired) electrons. The van der Waals surface area contributed by atoms with Crippen LogP contribution < -0.4 is 11.1 Å². The Balaban J connectivity index is 1.97. The van der Waals surface area contributed by atoms with Crippen LogP contribution in [-0.4, -0.2) is 67.7 Å². The van der Waals surface area contributed by atoms with E-state index in [-0.39, 0.29) is 31.7 Å². The fourth-order valence-corrected chi connectivity index (χ4v) is 3.49. The molecule has 1 fully saturated rings. The molecule has 2 heterocycles. The fraction of sp³-hybridized carbons (Fsp3) is 0.474. The summed E-state index contributed by atoms with van der Waals surface area (Å²) in [6, 6.07) is 0.0778. The minimum Gasteiger partial charge on any atom is -0.394 e. The molecule has 1 aromatic rings. The van der Waals surface area contributed by atoms with Crippen LogP contribution in [0.4, 0.5) is 11.5 Å². The summed E-state index contributed by atoms with van der Waals surface area (Å²) in [6.07, 6.45) is 10.3. The van der Waals surface area contributed by atoms with Crippen molar-refractivity contribution in [1.82, 2.24) is 15.1 Å².